The summed E-state index contributed by atoms with van der Waals surface area (Å²) in [6.45, 7) is 7.05. The molecule has 1 aromatic heterocycles. The van der Waals surface area contributed by atoms with Gasteiger partial charge in [-0.15, -0.1) is 22.6 Å². The first-order chi connectivity index (χ1) is 13.4. The molecular weight excluding hydrogens is 412 g/mol. The Morgan fingerprint density at radius 3 is 2.48 bits per heavy atom. The molecule has 0 spiro atoms. The van der Waals surface area contributed by atoms with Crippen LogP contribution in [0.4, 0.5) is 0 Å². The van der Waals surface area contributed by atoms with Crippen molar-refractivity contribution in [3.63, 3.8) is 0 Å². The second-order valence-corrected chi connectivity index (χ2v) is 9.71. The molecule has 29 heavy (non-hydrogen) atoms. The van der Waals surface area contributed by atoms with Crippen molar-refractivity contribution < 1.29 is 14.0 Å². The summed E-state index contributed by atoms with van der Waals surface area (Å²) in [5, 5.41) is 11.4. The number of nitrogens with zero attached hydrogens (tertiary/aromatic N) is 3. The van der Waals surface area contributed by atoms with Crippen LogP contribution >= 0.6 is 24.2 Å². The first-order valence-corrected chi connectivity index (χ1v) is 11.2. The van der Waals surface area contributed by atoms with Crippen molar-refractivity contribution in [2.45, 2.75) is 83.0 Å². The Kier molecular flexibility index (Phi) is 11.2. The van der Waals surface area contributed by atoms with E-state index in [0.29, 0.717) is 11.6 Å². The molecule has 1 aromatic rings. The third-order valence-corrected chi connectivity index (χ3v) is 5.85. The average Bonchev–Trinajstić information content (AvgIpc) is 2.95. The number of amides is 1. The summed E-state index contributed by atoms with van der Waals surface area (Å²) in [6, 6.07) is -0.472. The third kappa shape index (κ3) is 8.26. The molecule has 2 rings (SSSR count). The first-order valence-electron chi connectivity index (χ1n) is 10.2. The van der Waals surface area contributed by atoms with Gasteiger partial charge in [-0.1, -0.05) is 58.2 Å². The van der Waals surface area contributed by atoms with E-state index < -0.39 is 6.04 Å². The molecule has 1 saturated carbocycles. The fourth-order valence-corrected chi connectivity index (χ4v) is 4.35. The highest BCUT2D eigenvalue weighted by atomic mass is 35.5. The number of nitrogens with one attached hydrogen (secondary N) is 1. The van der Waals surface area contributed by atoms with Crippen LogP contribution in [0.1, 0.15) is 76.4 Å². The van der Waals surface area contributed by atoms with Crippen molar-refractivity contribution in [3.05, 3.63) is 5.89 Å². The second kappa shape index (κ2) is 12.5. The molecule has 1 atom stereocenters. The lowest BCUT2D eigenvalue weighted by molar-refractivity contribution is -0.122. The average molecular weight is 447 g/mol. The van der Waals surface area contributed by atoms with E-state index in [0.717, 1.165) is 44.4 Å². The molecule has 0 radical (unpaired) electrons. The lowest BCUT2D eigenvalue weighted by atomic mass is 9.85. The monoisotopic (exact) mass is 446 g/mol. The molecule has 166 valence electrons. The van der Waals surface area contributed by atoms with Crippen molar-refractivity contribution in [1.82, 2.24) is 20.4 Å². The van der Waals surface area contributed by atoms with Crippen LogP contribution in [0.15, 0.2) is 9.64 Å². The van der Waals surface area contributed by atoms with E-state index in [1.54, 1.807) is 4.90 Å². The van der Waals surface area contributed by atoms with E-state index in [1.165, 1.54) is 24.6 Å². The first kappa shape index (κ1) is 25.9. The van der Waals surface area contributed by atoms with E-state index in [1.807, 2.05) is 7.05 Å². The molecule has 1 N–H and O–H groups in total. The number of Topliss-reactive ketones (excluding diaryl/α,β-unsaturated/α-hetero) is 1. The topological polar surface area (TPSA) is 88.3 Å². The quantitative estimate of drug-likeness (QED) is 0.191. The highest BCUT2D eigenvalue weighted by molar-refractivity contribution is 7.99. The van der Waals surface area contributed by atoms with Gasteiger partial charge in [0.15, 0.2) is 0 Å². The predicted octanol–water partition coefficient (Wildman–Crippen LogP) is 3.97. The van der Waals surface area contributed by atoms with Gasteiger partial charge in [-0.05, 0) is 31.7 Å². The van der Waals surface area contributed by atoms with Gasteiger partial charge in [-0.2, -0.15) is 0 Å². The van der Waals surface area contributed by atoms with Gasteiger partial charge in [0, 0.05) is 18.3 Å². The predicted molar refractivity (Wildman–Crippen MR) is 118 cm³/mol. The molecule has 1 aliphatic carbocycles. The molecule has 0 aliphatic heterocycles. The van der Waals surface area contributed by atoms with Crippen molar-refractivity contribution in [2.24, 2.45) is 5.41 Å². The van der Waals surface area contributed by atoms with Crippen LogP contribution in [0.25, 0.3) is 0 Å². The van der Waals surface area contributed by atoms with Crippen LogP contribution in [-0.2, 0) is 4.79 Å². The Morgan fingerprint density at radius 1 is 1.28 bits per heavy atom. The number of rotatable bonds is 10. The Labute approximate surface area is 184 Å². The summed E-state index contributed by atoms with van der Waals surface area (Å²) < 4.78 is 5.61. The Balaban J connectivity index is 0.00000420. The molecule has 1 amide bonds. The van der Waals surface area contributed by atoms with Gasteiger partial charge in [-0.25, -0.2) is 0 Å². The molecule has 7 nitrogen and oxygen atoms in total. The maximum absolute atomic E-state index is 13.3. The largest absolute Gasteiger partial charge is 0.408 e. The van der Waals surface area contributed by atoms with Gasteiger partial charge < -0.3 is 14.6 Å². The van der Waals surface area contributed by atoms with Crippen LogP contribution in [-0.4, -0.2) is 58.7 Å². The number of hydrogen-bond donors (Lipinski definition) is 1. The summed E-state index contributed by atoms with van der Waals surface area (Å²) in [6.07, 6.45) is 7.88. The minimum absolute atomic E-state index is 0. The highest BCUT2D eigenvalue weighted by Crippen LogP contribution is 2.30. The lowest BCUT2D eigenvalue weighted by Gasteiger charge is -2.36. The van der Waals surface area contributed by atoms with Gasteiger partial charge in [-0.3, -0.25) is 9.59 Å². The zero-order chi connectivity index (χ0) is 20.6. The Bertz CT molecular complexity index is 627. The van der Waals surface area contributed by atoms with E-state index in [9.17, 15) is 9.59 Å². The fraction of sp³-hybridized carbons (Fsp3) is 0.800. The SMILES string of the molecule is CNCCSc1nnc(C(=O)C(CC(C)(C)C)N(C=O)C2CCCCCC2)o1.Cl. The van der Waals surface area contributed by atoms with Crippen LogP contribution in [0, 0.1) is 5.41 Å². The molecule has 1 aliphatic rings. The lowest BCUT2D eigenvalue weighted by Crippen LogP contribution is -2.48. The Hall–Kier alpha value is -1.12. The molecule has 9 heteroatoms. The zero-order valence-corrected chi connectivity index (χ0v) is 19.6. The summed E-state index contributed by atoms with van der Waals surface area (Å²) in [5.74, 6) is 0.529. The van der Waals surface area contributed by atoms with Gasteiger partial charge in [0.2, 0.25) is 12.2 Å². The molecule has 0 aromatic carbocycles. The summed E-state index contributed by atoms with van der Waals surface area (Å²) in [5.41, 5.74) is -0.114. The zero-order valence-electron chi connectivity index (χ0n) is 18.0. The van der Waals surface area contributed by atoms with Gasteiger partial charge in [0.1, 0.15) is 6.04 Å². The van der Waals surface area contributed by atoms with E-state index >= 15 is 0 Å². The van der Waals surface area contributed by atoms with Crippen molar-refractivity contribution in [1.29, 1.82) is 0 Å². The Morgan fingerprint density at radius 2 is 1.93 bits per heavy atom. The van der Waals surface area contributed by atoms with E-state index in [2.05, 4.69) is 36.3 Å². The number of aromatic nitrogens is 2. The van der Waals surface area contributed by atoms with Crippen LogP contribution in [0.5, 0.6) is 0 Å². The maximum Gasteiger partial charge on any atom is 0.286 e. The van der Waals surface area contributed by atoms with Crippen molar-refractivity contribution in [2.75, 3.05) is 19.3 Å². The molecular formula is C20H35ClN4O3S. The number of ketones is 1. The molecule has 0 saturated heterocycles. The molecule has 1 unspecified atom stereocenters. The number of hydrogen-bond acceptors (Lipinski definition) is 7. The number of thioether (sulfide) groups is 1. The molecule has 1 heterocycles. The standard InChI is InChI=1S/C20H34N4O3S.ClH/c1-20(2,3)13-16(24(14-25)15-9-7-5-6-8-10-15)17(26)18-22-23-19(27-18)28-12-11-21-4;/h14-16,21H,5-13H2,1-4H3;1H. The van der Waals surface area contributed by atoms with E-state index in [-0.39, 0.29) is 35.5 Å². The van der Waals surface area contributed by atoms with E-state index in [4.69, 9.17) is 4.42 Å². The fourth-order valence-electron chi connectivity index (χ4n) is 3.63. The number of halogens is 1. The molecule has 0 bridgehead atoms. The highest BCUT2D eigenvalue weighted by Gasteiger charge is 2.36. The second-order valence-electron chi connectivity index (χ2n) is 8.67. The van der Waals surface area contributed by atoms with Crippen molar-refractivity contribution in [3.8, 4) is 0 Å². The number of carbonyl (C=O) groups is 2. The summed E-state index contributed by atoms with van der Waals surface area (Å²) in [4.78, 5) is 27.1. The molecule has 1 fully saturated rings. The van der Waals surface area contributed by atoms with Gasteiger partial charge >= 0.3 is 0 Å². The minimum Gasteiger partial charge on any atom is -0.408 e. The number of carbonyl (C=O) groups excluding carboxylic acids is 2. The summed E-state index contributed by atoms with van der Waals surface area (Å²) >= 11 is 1.41. The van der Waals surface area contributed by atoms with Crippen molar-refractivity contribution >= 4 is 36.4 Å². The van der Waals surface area contributed by atoms with Gasteiger partial charge in [0.05, 0.1) is 0 Å². The van der Waals surface area contributed by atoms with Gasteiger partial charge in [0.25, 0.3) is 11.1 Å². The van der Waals surface area contributed by atoms with Crippen LogP contribution < -0.4 is 5.32 Å². The van der Waals surface area contributed by atoms with Crippen LogP contribution in [0.2, 0.25) is 0 Å². The minimum atomic E-state index is -0.573. The third-order valence-electron chi connectivity index (χ3n) is 5.03. The summed E-state index contributed by atoms with van der Waals surface area (Å²) in [7, 11) is 1.88. The maximum atomic E-state index is 13.3. The smallest absolute Gasteiger partial charge is 0.286 e. The normalized spacial score (nSPS) is 16.6. The van der Waals surface area contributed by atoms with Crippen LogP contribution in [0.3, 0.4) is 0 Å².